The molecule has 10 rings (SSSR count). The van der Waals surface area contributed by atoms with Crippen LogP contribution in [0.1, 0.15) is 54.5 Å². The van der Waals surface area contributed by atoms with Gasteiger partial charge in [0.1, 0.15) is 5.75 Å². The second-order valence-corrected chi connectivity index (χ2v) is 15.4. The van der Waals surface area contributed by atoms with Crippen LogP contribution >= 0.6 is 0 Å². The predicted molar refractivity (Wildman–Crippen MR) is 226 cm³/mol. The van der Waals surface area contributed by atoms with Crippen molar-refractivity contribution in [1.82, 2.24) is 0 Å². The summed E-state index contributed by atoms with van der Waals surface area (Å²) in [6, 6.07) is 44.9. The standard InChI is InChI=1S/C50H48N2O3/c1-3-49(4-2)45-13-9-8-12-42(45)46-41-23-22-40(52-28-32-54-33-29-52)34-44(41)48-43(47(46)49)24-25-50(55-48,37-16-14-36(15-17-37)35-10-6-5-7-11-35)38-18-20-39(21-19-38)51-26-30-53-31-27-51/h5-25,34H,3-4,26-33H2,1-2H3. The fourth-order valence-electron chi connectivity index (χ4n) is 9.92. The lowest BCUT2D eigenvalue weighted by atomic mass is 9.71. The second-order valence-electron chi connectivity index (χ2n) is 15.4. The van der Waals surface area contributed by atoms with Gasteiger partial charge in [-0.15, -0.1) is 0 Å². The third-order valence-electron chi connectivity index (χ3n) is 12.9. The van der Waals surface area contributed by atoms with Gasteiger partial charge in [0, 0.05) is 65.0 Å². The molecule has 0 amide bonds. The Hall–Kier alpha value is -5.36. The van der Waals surface area contributed by atoms with Crippen molar-refractivity contribution in [3.05, 3.63) is 155 Å². The first-order valence-corrected chi connectivity index (χ1v) is 20.2. The molecule has 3 aliphatic heterocycles. The highest BCUT2D eigenvalue weighted by Gasteiger charge is 2.47. The first-order chi connectivity index (χ1) is 27.1. The van der Waals surface area contributed by atoms with Crippen LogP contribution in [0.25, 0.3) is 39.1 Å². The summed E-state index contributed by atoms with van der Waals surface area (Å²) >= 11 is 0. The molecule has 0 N–H and O–H groups in total. The van der Waals surface area contributed by atoms with Crippen LogP contribution in [0.15, 0.2) is 127 Å². The number of nitrogens with zero attached hydrogens (tertiary/aromatic N) is 2. The van der Waals surface area contributed by atoms with Gasteiger partial charge in [0.2, 0.25) is 0 Å². The molecule has 55 heavy (non-hydrogen) atoms. The highest BCUT2D eigenvalue weighted by Crippen LogP contribution is 2.60. The van der Waals surface area contributed by atoms with Gasteiger partial charge < -0.3 is 24.0 Å². The molecular weight excluding hydrogens is 677 g/mol. The highest BCUT2D eigenvalue weighted by molar-refractivity contribution is 6.09. The van der Waals surface area contributed by atoms with E-state index in [1.165, 1.54) is 55.7 Å². The Kier molecular flexibility index (Phi) is 8.53. The van der Waals surface area contributed by atoms with Crippen molar-refractivity contribution in [1.29, 1.82) is 0 Å². The van der Waals surface area contributed by atoms with E-state index >= 15 is 0 Å². The van der Waals surface area contributed by atoms with Gasteiger partial charge in [0.25, 0.3) is 0 Å². The third kappa shape index (κ3) is 5.43. The van der Waals surface area contributed by atoms with Crippen LogP contribution in [0.3, 0.4) is 0 Å². The number of ether oxygens (including phenoxy) is 3. The molecule has 276 valence electrons. The summed E-state index contributed by atoms with van der Waals surface area (Å²) in [4.78, 5) is 4.87. The molecule has 1 unspecified atom stereocenters. The Labute approximate surface area is 324 Å². The quantitative estimate of drug-likeness (QED) is 0.164. The third-order valence-corrected chi connectivity index (χ3v) is 12.9. The van der Waals surface area contributed by atoms with Crippen molar-refractivity contribution in [2.45, 2.75) is 37.7 Å². The van der Waals surface area contributed by atoms with E-state index in [1.807, 2.05) is 0 Å². The molecule has 0 bridgehead atoms. The topological polar surface area (TPSA) is 34.2 Å². The molecule has 5 heteroatoms. The maximum Gasteiger partial charge on any atom is 0.178 e. The molecule has 0 spiro atoms. The number of hydrogen-bond acceptors (Lipinski definition) is 5. The zero-order valence-electron chi connectivity index (χ0n) is 31.9. The van der Waals surface area contributed by atoms with E-state index in [9.17, 15) is 0 Å². The van der Waals surface area contributed by atoms with E-state index in [1.54, 1.807) is 0 Å². The number of fused-ring (bicyclic) bond motifs is 8. The van der Waals surface area contributed by atoms with Gasteiger partial charge in [-0.3, -0.25) is 0 Å². The molecule has 1 atom stereocenters. The lowest BCUT2D eigenvalue weighted by Crippen LogP contribution is -2.37. The summed E-state index contributed by atoms with van der Waals surface area (Å²) in [6.45, 7) is 11.3. The van der Waals surface area contributed by atoms with Crippen LogP contribution < -0.4 is 14.5 Å². The molecule has 2 fully saturated rings. The van der Waals surface area contributed by atoms with E-state index < -0.39 is 5.60 Å². The number of morpholine rings is 2. The molecule has 1 aliphatic carbocycles. The molecule has 5 nitrogen and oxygen atoms in total. The normalized spacial score (nSPS) is 19.8. The van der Waals surface area contributed by atoms with Crippen LogP contribution in [0.2, 0.25) is 0 Å². The maximum absolute atomic E-state index is 7.82. The smallest absolute Gasteiger partial charge is 0.178 e. The molecule has 0 saturated carbocycles. The van der Waals surface area contributed by atoms with Gasteiger partial charge in [-0.1, -0.05) is 117 Å². The first kappa shape index (κ1) is 34.2. The highest BCUT2D eigenvalue weighted by atomic mass is 16.5. The monoisotopic (exact) mass is 724 g/mol. The summed E-state index contributed by atoms with van der Waals surface area (Å²) in [5.74, 6) is 0.967. The van der Waals surface area contributed by atoms with Crippen molar-refractivity contribution < 1.29 is 14.2 Å². The van der Waals surface area contributed by atoms with Crippen LogP contribution in [0.5, 0.6) is 5.75 Å². The van der Waals surface area contributed by atoms with Crippen LogP contribution in [0, 0.1) is 0 Å². The van der Waals surface area contributed by atoms with Gasteiger partial charge in [-0.2, -0.15) is 0 Å². The summed E-state index contributed by atoms with van der Waals surface area (Å²) in [7, 11) is 0. The summed E-state index contributed by atoms with van der Waals surface area (Å²) < 4.78 is 19.3. The number of benzene rings is 6. The van der Waals surface area contributed by atoms with Crippen molar-refractivity contribution in [2.24, 2.45) is 0 Å². The molecule has 6 aromatic carbocycles. The minimum atomic E-state index is -0.853. The lowest BCUT2D eigenvalue weighted by Gasteiger charge is -2.40. The summed E-state index contributed by atoms with van der Waals surface area (Å²) in [6.07, 6.45) is 6.78. The average molecular weight is 725 g/mol. The van der Waals surface area contributed by atoms with E-state index in [2.05, 4.69) is 157 Å². The van der Waals surface area contributed by atoms with Crippen molar-refractivity contribution in [3.63, 3.8) is 0 Å². The van der Waals surface area contributed by atoms with Gasteiger partial charge in [-0.25, -0.2) is 0 Å². The minimum absolute atomic E-state index is 0.113. The van der Waals surface area contributed by atoms with Crippen molar-refractivity contribution in [3.8, 4) is 28.0 Å². The molecule has 2 saturated heterocycles. The Morgan fingerprint density at radius 3 is 1.84 bits per heavy atom. The molecular formula is C50H48N2O3. The van der Waals surface area contributed by atoms with E-state index in [0.717, 1.165) is 87.7 Å². The Balaban J connectivity index is 1.20. The van der Waals surface area contributed by atoms with Crippen LogP contribution in [0.4, 0.5) is 11.4 Å². The van der Waals surface area contributed by atoms with Gasteiger partial charge >= 0.3 is 0 Å². The molecule has 0 radical (unpaired) electrons. The zero-order valence-corrected chi connectivity index (χ0v) is 31.9. The Morgan fingerprint density at radius 2 is 1.16 bits per heavy atom. The van der Waals surface area contributed by atoms with Gasteiger partial charge in [0.15, 0.2) is 5.60 Å². The first-order valence-electron chi connectivity index (χ1n) is 20.2. The molecule has 4 aliphatic rings. The van der Waals surface area contributed by atoms with Crippen LogP contribution in [-0.2, 0) is 20.5 Å². The maximum atomic E-state index is 7.82. The molecule has 0 aromatic heterocycles. The van der Waals surface area contributed by atoms with E-state index in [-0.39, 0.29) is 5.41 Å². The van der Waals surface area contributed by atoms with Crippen molar-refractivity contribution in [2.75, 3.05) is 62.4 Å². The Bertz CT molecular complexity index is 2390. The predicted octanol–water partition coefficient (Wildman–Crippen LogP) is 10.6. The summed E-state index contributed by atoms with van der Waals surface area (Å²) in [5, 5.41) is 2.42. The van der Waals surface area contributed by atoms with Crippen molar-refractivity contribution >= 4 is 28.2 Å². The van der Waals surface area contributed by atoms with Crippen LogP contribution in [-0.4, -0.2) is 52.6 Å². The van der Waals surface area contributed by atoms with E-state index in [4.69, 9.17) is 14.2 Å². The lowest BCUT2D eigenvalue weighted by molar-refractivity contribution is 0.122. The number of hydrogen-bond donors (Lipinski definition) is 0. The SMILES string of the molecule is CCC1(CC)c2ccccc2-c2c1c1c(c3cc(N4CCOCC4)ccc23)OC(c2ccc(-c3ccccc3)cc2)(c2ccc(N3CCOCC3)cc2)C=C1. The zero-order chi connectivity index (χ0) is 37.0. The largest absolute Gasteiger partial charge is 0.472 e. The number of anilines is 2. The number of rotatable bonds is 7. The van der Waals surface area contributed by atoms with Gasteiger partial charge in [-0.05, 0) is 82.0 Å². The van der Waals surface area contributed by atoms with Gasteiger partial charge in [0.05, 0.1) is 26.4 Å². The fraction of sp³-hybridized carbons (Fsp3) is 0.280. The minimum Gasteiger partial charge on any atom is -0.472 e. The average Bonchev–Trinajstić information content (AvgIpc) is 3.58. The molecule has 6 aromatic rings. The summed E-state index contributed by atoms with van der Waals surface area (Å²) in [5.41, 5.74) is 12.8. The molecule has 3 heterocycles. The fourth-order valence-corrected chi connectivity index (χ4v) is 9.92. The Morgan fingerprint density at radius 1 is 0.582 bits per heavy atom. The van der Waals surface area contributed by atoms with E-state index in [0.29, 0.717) is 0 Å². The second kappa shape index (κ2) is 13.7.